The van der Waals surface area contributed by atoms with Crippen LogP contribution >= 0.6 is 0 Å². The van der Waals surface area contributed by atoms with Gasteiger partial charge in [-0.05, 0) is 18.1 Å². The minimum atomic E-state index is -0.900. The Morgan fingerprint density at radius 3 is 2.65 bits per heavy atom. The van der Waals surface area contributed by atoms with Crippen molar-refractivity contribution < 1.29 is 8.78 Å². The third-order valence-corrected chi connectivity index (χ3v) is 3.81. The number of imidazole rings is 1. The molecule has 0 atom stereocenters. The average molecular weight is 311 g/mol. The maximum atomic E-state index is 13.6. The summed E-state index contributed by atoms with van der Waals surface area (Å²) in [7, 11) is 0. The van der Waals surface area contributed by atoms with Crippen LogP contribution in [-0.2, 0) is 13.0 Å². The molecular formula is C18H15F2N3. The van der Waals surface area contributed by atoms with Gasteiger partial charge in [0.15, 0.2) is 11.6 Å². The lowest BCUT2D eigenvalue weighted by molar-refractivity contribution is 0.510. The summed E-state index contributed by atoms with van der Waals surface area (Å²) in [5.41, 5.74) is 2.37. The molecule has 0 aliphatic carbocycles. The van der Waals surface area contributed by atoms with E-state index in [2.05, 4.69) is 11.1 Å². The molecule has 0 radical (unpaired) electrons. The zero-order valence-electron chi connectivity index (χ0n) is 12.7. The Balaban J connectivity index is 2.16. The lowest BCUT2D eigenvalue weighted by Crippen LogP contribution is -2.06. The molecule has 0 unspecified atom stereocenters. The number of hydrogen-bond donors (Lipinski definition) is 0. The number of nitrogens with zero attached hydrogens (tertiary/aromatic N) is 3. The summed E-state index contributed by atoms with van der Waals surface area (Å²) in [5, 5.41) is 9.23. The van der Waals surface area contributed by atoms with Crippen LogP contribution in [0.2, 0.25) is 0 Å². The average Bonchev–Trinajstić information content (AvgIpc) is 2.86. The van der Waals surface area contributed by atoms with Crippen LogP contribution in [-0.4, -0.2) is 9.55 Å². The molecule has 0 aliphatic rings. The van der Waals surface area contributed by atoms with E-state index in [1.165, 1.54) is 6.07 Å². The molecule has 0 saturated carbocycles. The number of halogens is 2. The monoisotopic (exact) mass is 311 g/mol. The highest BCUT2D eigenvalue weighted by atomic mass is 19.2. The zero-order chi connectivity index (χ0) is 16.4. The van der Waals surface area contributed by atoms with Gasteiger partial charge in [0.2, 0.25) is 0 Å². The number of fused-ring (bicyclic) bond motifs is 1. The Labute approximate surface area is 132 Å². The molecule has 0 saturated heterocycles. The van der Waals surface area contributed by atoms with Crippen molar-refractivity contribution in [2.75, 3.05) is 0 Å². The van der Waals surface area contributed by atoms with Gasteiger partial charge in [0.25, 0.3) is 0 Å². The molecule has 0 amide bonds. The summed E-state index contributed by atoms with van der Waals surface area (Å²) in [6, 6.07) is 11.7. The second-order valence-electron chi connectivity index (χ2n) is 5.39. The Morgan fingerprint density at radius 2 is 1.91 bits per heavy atom. The Hall–Kier alpha value is -2.74. The first-order valence-corrected chi connectivity index (χ1v) is 7.46. The zero-order valence-corrected chi connectivity index (χ0v) is 12.7. The largest absolute Gasteiger partial charge is 0.323 e. The van der Waals surface area contributed by atoms with Gasteiger partial charge in [-0.2, -0.15) is 5.26 Å². The van der Waals surface area contributed by atoms with Gasteiger partial charge in [0.1, 0.15) is 5.82 Å². The maximum absolute atomic E-state index is 13.6. The van der Waals surface area contributed by atoms with Gasteiger partial charge in [-0.1, -0.05) is 25.1 Å². The molecule has 116 valence electrons. The summed E-state index contributed by atoms with van der Waals surface area (Å²) < 4.78 is 29.0. The maximum Gasteiger partial charge on any atom is 0.161 e. The number of rotatable bonds is 4. The summed E-state index contributed by atoms with van der Waals surface area (Å²) in [4.78, 5) is 4.43. The van der Waals surface area contributed by atoms with Crippen molar-refractivity contribution in [2.45, 2.75) is 26.3 Å². The highest BCUT2D eigenvalue weighted by Crippen LogP contribution is 2.23. The number of hydrogen-bond acceptors (Lipinski definition) is 2. The first-order valence-electron chi connectivity index (χ1n) is 7.46. The quantitative estimate of drug-likeness (QED) is 0.725. The van der Waals surface area contributed by atoms with E-state index >= 15 is 0 Å². The minimum absolute atomic E-state index is 0.403. The van der Waals surface area contributed by atoms with E-state index in [1.807, 2.05) is 23.6 Å². The van der Waals surface area contributed by atoms with Gasteiger partial charge in [-0.15, -0.1) is 0 Å². The number of aryl methyl sites for hydroxylation is 1. The van der Waals surface area contributed by atoms with Crippen LogP contribution in [0.1, 0.15) is 30.3 Å². The molecule has 3 aromatic rings. The fraction of sp³-hybridized carbons (Fsp3) is 0.222. The summed E-state index contributed by atoms with van der Waals surface area (Å²) in [6.45, 7) is 2.43. The van der Waals surface area contributed by atoms with E-state index in [1.54, 1.807) is 12.1 Å². The van der Waals surface area contributed by atoms with Crippen LogP contribution in [0.15, 0.2) is 36.4 Å². The third-order valence-electron chi connectivity index (χ3n) is 3.81. The first-order chi connectivity index (χ1) is 11.1. The van der Waals surface area contributed by atoms with Crippen LogP contribution in [0.4, 0.5) is 8.78 Å². The second-order valence-corrected chi connectivity index (χ2v) is 5.39. The van der Waals surface area contributed by atoms with Crippen molar-refractivity contribution in [1.29, 1.82) is 5.26 Å². The molecule has 3 nitrogen and oxygen atoms in total. The number of benzene rings is 2. The predicted octanol–water partition coefficient (Wildman–Crippen LogP) is 4.19. The summed E-state index contributed by atoms with van der Waals surface area (Å²) >= 11 is 0. The van der Waals surface area contributed by atoms with Crippen LogP contribution in [0.3, 0.4) is 0 Å². The predicted molar refractivity (Wildman–Crippen MR) is 83.9 cm³/mol. The van der Waals surface area contributed by atoms with Gasteiger partial charge in [0.05, 0.1) is 29.2 Å². The molecule has 0 N–H and O–H groups in total. The van der Waals surface area contributed by atoms with Crippen molar-refractivity contribution in [3.8, 4) is 6.07 Å². The highest BCUT2D eigenvalue weighted by molar-refractivity contribution is 5.76. The Bertz CT molecular complexity index is 907. The Morgan fingerprint density at radius 1 is 1.17 bits per heavy atom. The van der Waals surface area contributed by atoms with Crippen LogP contribution in [0, 0.1) is 23.0 Å². The van der Waals surface area contributed by atoms with E-state index < -0.39 is 11.6 Å². The van der Waals surface area contributed by atoms with Crippen molar-refractivity contribution in [3.05, 3.63) is 65.0 Å². The fourth-order valence-corrected chi connectivity index (χ4v) is 2.70. The molecule has 0 fully saturated rings. The van der Waals surface area contributed by atoms with Crippen LogP contribution in [0.25, 0.3) is 11.0 Å². The van der Waals surface area contributed by atoms with Crippen molar-refractivity contribution >= 4 is 11.0 Å². The fourth-order valence-electron chi connectivity index (χ4n) is 2.70. The normalized spacial score (nSPS) is 10.9. The SMILES string of the molecule is CCCc1nc2cc(F)c(F)cc2n1Cc1ccccc1C#N. The molecule has 0 aliphatic heterocycles. The molecule has 23 heavy (non-hydrogen) atoms. The number of nitriles is 1. The topological polar surface area (TPSA) is 41.6 Å². The van der Waals surface area contributed by atoms with Crippen LogP contribution in [0.5, 0.6) is 0 Å². The van der Waals surface area contributed by atoms with Gasteiger partial charge in [0, 0.05) is 18.6 Å². The highest BCUT2D eigenvalue weighted by Gasteiger charge is 2.15. The molecule has 5 heteroatoms. The van der Waals surface area contributed by atoms with Crippen molar-refractivity contribution in [1.82, 2.24) is 9.55 Å². The van der Waals surface area contributed by atoms with E-state index in [0.29, 0.717) is 29.6 Å². The van der Waals surface area contributed by atoms with E-state index in [9.17, 15) is 14.0 Å². The third kappa shape index (κ3) is 2.80. The van der Waals surface area contributed by atoms with Gasteiger partial charge in [-0.3, -0.25) is 0 Å². The lowest BCUT2D eigenvalue weighted by atomic mass is 10.1. The van der Waals surface area contributed by atoms with E-state index in [4.69, 9.17) is 0 Å². The molecule has 0 bridgehead atoms. The molecule has 1 aromatic heterocycles. The lowest BCUT2D eigenvalue weighted by Gasteiger charge is -2.10. The van der Waals surface area contributed by atoms with Gasteiger partial charge in [-0.25, -0.2) is 13.8 Å². The van der Waals surface area contributed by atoms with Crippen molar-refractivity contribution in [3.63, 3.8) is 0 Å². The first kappa shape index (κ1) is 15.2. The minimum Gasteiger partial charge on any atom is -0.323 e. The molecule has 0 spiro atoms. The van der Waals surface area contributed by atoms with Crippen LogP contribution < -0.4 is 0 Å². The number of aromatic nitrogens is 2. The Kier molecular flexibility index (Phi) is 4.07. The summed E-state index contributed by atoms with van der Waals surface area (Å²) in [5.74, 6) is -1.03. The second kappa shape index (κ2) is 6.17. The van der Waals surface area contributed by atoms with E-state index in [0.717, 1.165) is 23.9 Å². The smallest absolute Gasteiger partial charge is 0.161 e. The molecule has 2 aromatic carbocycles. The molecular weight excluding hydrogens is 296 g/mol. The van der Waals surface area contributed by atoms with E-state index in [-0.39, 0.29) is 0 Å². The van der Waals surface area contributed by atoms with Crippen molar-refractivity contribution in [2.24, 2.45) is 0 Å². The van der Waals surface area contributed by atoms with Gasteiger partial charge < -0.3 is 4.57 Å². The standard InChI is InChI=1S/C18H15F2N3/c1-2-5-18-22-16-8-14(19)15(20)9-17(16)23(18)11-13-7-4-3-6-12(13)10-21/h3-4,6-9H,2,5,11H2,1H3. The van der Waals surface area contributed by atoms with Gasteiger partial charge >= 0.3 is 0 Å². The molecule has 1 heterocycles. The summed E-state index contributed by atoms with van der Waals surface area (Å²) in [6.07, 6.45) is 1.57. The molecule has 3 rings (SSSR count).